The number of piperidine rings is 1. The van der Waals surface area contributed by atoms with Crippen molar-refractivity contribution in [2.75, 3.05) is 51.1 Å². The number of hydrogen-bond donors (Lipinski definition) is 1. The maximum Gasteiger partial charge on any atom is 0.323 e. The zero-order chi connectivity index (χ0) is 14.5. The molecule has 0 radical (unpaired) electrons. The molecule has 0 amide bonds. The van der Waals surface area contributed by atoms with Gasteiger partial charge in [0.05, 0.1) is 6.61 Å². The minimum atomic E-state index is 0.377. The van der Waals surface area contributed by atoms with Crippen molar-refractivity contribution in [2.24, 2.45) is 0 Å². The summed E-state index contributed by atoms with van der Waals surface area (Å²) in [7, 11) is 6.00. The molecule has 1 aromatic rings. The zero-order valence-electron chi connectivity index (χ0n) is 12.8. The standard InChI is InChI=1S/C13H24N6O/c1-5-20-13-16-11(14-2)15-12(17-13)19(4)10-6-8-18(3)9-7-10/h10H,5-9H2,1-4H3,(H,14,15,16,17). The van der Waals surface area contributed by atoms with Crippen molar-refractivity contribution >= 4 is 11.9 Å². The van der Waals surface area contributed by atoms with E-state index in [4.69, 9.17) is 4.74 Å². The molecule has 1 N–H and O–H groups in total. The number of likely N-dealkylation sites (tertiary alicyclic amines) is 1. The lowest BCUT2D eigenvalue weighted by Gasteiger charge is -2.35. The summed E-state index contributed by atoms with van der Waals surface area (Å²) < 4.78 is 5.41. The fourth-order valence-electron chi connectivity index (χ4n) is 2.35. The minimum Gasteiger partial charge on any atom is -0.464 e. The van der Waals surface area contributed by atoms with Gasteiger partial charge >= 0.3 is 6.01 Å². The molecule has 0 bridgehead atoms. The molecule has 7 nitrogen and oxygen atoms in total. The fourth-order valence-corrected chi connectivity index (χ4v) is 2.35. The highest BCUT2D eigenvalue weighted by atomic mass is 16.5. The predicted octanol–water partition coefficient (Wildman–Crippen LogP) is 0.842. The van der Waals surface area contributed by atoms with E-state index < -0.39 is 0 Å². The summed E-state index contributed by atoms with van der Waals surface area (Å²) in [4.78, 5) is 17.5. The highest BCUT2D eigenvalue weighted by molar-refractivity contribution is 5.38. The van der Waals surface area contributed by atoms with Crippen molar-refractivity contribution in [3.63, 3.8) is 0 Å². The van der Waals surface area contributed by atoms with Crippen LogP contribution >= 0.6 is 0 Å². The number of ether oxygens (including phenoxy) is 1. The topological polar surface area (TPSA) is 66.4 Å². The first kappa shape index (κ1) is 14.8. The van der Waals surface area contributed by atoms with Gasteiger partial charge in [-0.1, -0.05) is 0 Å². The lowest BCUT2D eigenvalue weighted by atomic mass is 10.0. The zero-order valence-corrected chi connectivity index (χ0v) is 12.8. The monoisotopic (exact) mass is 280 g/mol. The Hall–Kier alpha value is -1.63. The van der Waals surface area contributed by atoms with E-state index in [2.05, 4.69) is 37.1 Å². The second-order valence-electron chi connectivity index (χ2n) is 5.07. The van der Waals surface area contributed by atoms with Gasteiger partial charge in [-0.25, -0.2) is 0 Å². The molecule has 112 valence electrons. The van der Waals surface area contributed by atoms with Gasteiger partial charge in [0, 0.05) is 20.1 Å². The number of nitrogens with zero attached hydrogens (tertiary/aromatic N) is 5. The van der Waals surface area contributed by atoms with Crippen LogP contribution < -0.4 is 15.0 Å². The molecular weight excluding hydrogens is 256 g/mol. The minimum absolute atomic E-state index is 0.377. The van der Waals surface area contributed by atoms with Crippen molar-refractivity contribution in [3.05, 3.63) is 0 Å². The van der Waals surface area contributed by atoms with Crippen LogP contribution in [0.5, 0.6) is 6.01 Å². The summed E-state index contributed by atoms with van der Waals surface area (Å²) in [5.41, 5.74) is 0. The first-order chi connectivity index (χ1) is 9.63. The van der Waals surface area contributed by atoms with E-state index in [9.17, 15) is 0 Å². The van der Waals surface area contributed by atoms with Gasteiger partial charge < -0.3 is 19.9 Å². The summed E-state index contributed by atoms with van der Waals surface area (Å²) >= 11 is 0. The third-order valence-corrected chi connectivity index (χ3v) is 3.65. The molecule has 0 spiro atoms. The molecule has 0 saturated carbocycles. The number of rotatable bonds is 5. The Balaban J connectivity index is 2.15. The van der Waals surface area contributed by atoms with E-state index in [1.807, 2.05) is 14.0 Å². The molecule has 1 saturated heterocycles. The SMILES string of the molecule is CCOc1nc(NC)nc(N(C)C2CCN(C)CC2)n1. The maximum absolute atomic E-state index is 5.41. The third-order valence-electron chi connectivity index (χ3n) is 3.65. The number of aromatic nitrogens is 3. The Morgan fingerprint density at radius 2 is 2.00 bits per heavy atom. The second-order valence-corrected chi connectivity index (χ2v) is 5.07. The van der Waals surface area contributed by atoms with Crippen LogP contribution in [-0.2, 0) is 0 Å². The first-order valence-corrected chi connectivity index (χ1v) is 7.12. The van der Waals surface area contributed by atoms with Crippen LogP contribution in [0.1, 0.15) is 19.8 Å². The maximum atomic E-state index is 5.41. The summed E-state index contributed by atoms with van der Waals surface area (Å²) in [6.45, 7) is 4.68. The Bertz CT molecular complexity index is 433. The van der Waals surface area contributed by atoms with Crippen molar-refractivity contribution in [1.29, 1.82) is 0 Å². The fraction of sp³-hybridized carbons (Fsp3) is 0.769. The van der Waals surface area contributed by atoms with Crippen LogP contribution in [0.3, 0.4) is 0 Å². The quantitative estimate of drug-likeness (QED) is 0.857. The van der Waals surface area contributed by atoms with Gasteiger partial charge in [0.25, 0.3) is 0 Å². The summed E-state index contributed by atoms with van der Waals surface area (Å²) in [5, 5.41) is 2.95. The van der Waals surface area contributed by atoms with Crippen molar-refractivity contribution < 1.29 is 4.74 Å². The Labute approximate surface area is 120 Å². The average Bonchev–Trinajstić information content (AvgIpc) is 2.47. The molecule has 2 heterocycles. The molecule has 7 heteroatoms. The van der Waals surface area contributed by atoms with Crippen LogP contribution in [0.15, 0.2) is 0 Å². The van der Waals surface area contributed by atoms with Gasteiger partial charge in [0.2, 0.25) is 11.9 Å². The number of hydrogen-bond acceptors (Lipinski definition) is 7. The van der Waals surface area contributed by atoms with Crippen LogP contribution in [0, 0.1) is 0 Å². The van der Waals surface area contributed by atoms with Gasteiger partial charge in [-0.2, -0.15) is 15.0 Å². The highest BCUT2D eigenvalue weighted by Gasteiger charge is 2.23. The summed E-state index contributed by atoms with van der Waals surface area (Å²) in [6.07, 6.45) is 2.25. The smallest absolute Gasteiger partial charge is 0.323 e. The molecule has 0 unspecified atom stereocenters. The van der Waals surface area contributed by atoms with Crippen LogP contribution in [0.2, 0.25) is 0 Å². The predicted molar refractivity (Wildman–Crippen MR) is 79.5 cm³/mol. The Kier molecular flexibility index (Phi) is 4.94. The van der Waals surface area contributed by atoms with Crippen molar-refractivity contribution in [1.82, 2.24) is 19.9 Å². The van der Waals surface area contributed by atoms with Crippen molar-refractivity contribution in [3.8, 4) is 6.01 Å². The van der Waals surface area contributed by atoms with Crippen LogP contribution in [-0.4, -0.2) is 66.7 Å². The van der Waals surface area contributed by atoms with Gasteiger partial charge in [0.15, 0.2) is 0 Å². The molecule has 2 rings (SSSR count). The van der Waals surface area contributed by atoms with E-state index >= 15 is 0 Å². The molecule has 0 aliphatic carbocycles. The Morgan fingerprint density at radius 3 is 2.60 bits per heavy atom. The highest BCUT2D eigenvalue weighted by Crippen LogP contribution is 2.21. The second kappa shape index (κ2) is 6.69. The third kappa shape index (κ3) is 3.47. The van der Waals surface area contributed by atoms with E-state index in [0.717, 1.165) is 25.9 Å². The molecular formula is C13H24N6O. The Morgan fingerprint density at radius 1 is 1.30 bits per heavy atom. The molecule has 20 heavy (non-hydrogen) atoms. The van der Waals surface area contributed by atoms with E-state index in [1.54, 1.807) is 7.05 Å². The summed E-state index contributed by atoms with van der Waals surface area (Å²) in [6, 6.07) is 0.842. The lowest BCUT2D eigenvalue weighted by molar-refractivity contribution is 0.251. The van der Waals surface area contributed by atoms with Gasteiger partial charge in [-0.3, -0.25) is 0 Å². The molecule has 1 fully saturated rings. The largest absolute Gasteiger partial charge is 0.464 e. The van der Waals surface area contributed by atoms with E-state index in [-0.39, 0.29) is 0 Å². The van der Waals surface area contributed by atoms with Crippen molar-refractivity contribution in [2.45, 2.75) is 25.8 Å². The van der Waals surface area contributed by atoms with Gasteiger partial charge in [-0.15, -0.1) is 0 Å². The molecule has 0 atom stereocenters. The van der Waals surface area contributed by atoms with Gasteiger partial charge in [-0.05, 0) is 39.9 Å². The van der Waals surface area contributed by atoms with E-state index in [0.29, 0.717) is 30.6 Å². The lowest BCUT2D eigenvalue weighted by Crippen LogP contribution is -2.42. The first-order valence-electron chi connectivity index (χ1n) is 7.12. The molecule has 0 aromatic carbocycles. The normalized spacial score (nSPS) is 17.0. The van der Waals surface area contributed by atoms with Crippen LogP contribution in [0.25, 0.3) is 0 Å². The number of nitrogens with one attached hydrogen (secondary N) is 1. The molecule has 1 aliphatic heterocycles. The number of anilines is 2. The molecule has 1 aromatic heterocycles. The van der Waals surface area contributed by atoms with Crippen LogP contribution in [0.4, 0.5) is 11.9 Å². The average molecular weight is 280 g/mol. The van der Waals surface area contributed by atoms with E-state index in [1.165, 1.54) is 0 Å². The summed E-state index contributed by atoms with van der Waals surface area (Å²) in [5.74, 6) is 1.21. The molecule has 1 aliphatic rings. The van der Waals surface area contributed by atoms with Gasteiger partial charge in [0.1, 0.15) is 0 Å².